The zero-order valence-corrected chi connectivity index (χ0v) is 9.30. The molecule has 0 heterocycles. The molecule has 0 aromatic rings. The molecule has 0 N–H and O–H groups in total. The zero-order valence-electron chi connectivity index (χ0n) is 9.30. The summed E-state index contributed by atoms with van der Waals surface area (Å²) in [5.74, 6) is 1.27. The quantitative estimate of drug-likeness (QED) is 0.596. The molecular weight excluding hydrogens is 164 g/mol. The van der Waals surface area contributed by atoms with Crippen molar-refractivity contribution < 1.29 is 9.53 Å². The summed E-state index contributed by atoms with van der Waals surface area (Å²) in [5.41, 5.74) is 0. The third-order valence-corrected chi connectivity index (χ3v) is 2.15. The molecule has 2 nitrogen and oxygen atoms in total. The largest absolute Gasteiger partial charge is 0.466 e. The van der Waals surface area contributed by atoms with Gasteiger partial charge in [0.05, 0.1) is 6.61 Å². The first kappa shape index (κ1) is 12.5. The fraction of sp³-hybridized carbons (Fsp3) is 0.909. The van der Waals surface area contributed by atoms with Crippen LogP contribution in [0.2, 0.25) is 0 Å². The first-order chi connectivity index (χ1) is 6.02. The Bertz CT molecular complexity index is 141. The van der Waals surface area contributed by atoms with Gasteiger partial charge in [0.2, 0.25) is 0 Å². The standard InChI is InChI=1S/C11H22O2/c1-9(2)5-6-10(3)7-8-13-11(4)12/h9-10H,5-8H2,1-4H3. The Morgan fingerprint density at radius 2 is 1.77 bits per heavy atom. The van der Waals surface area contributed by atoms with Gasteiger partial charge in [0.15, 0.2) is 0 Å². The van der Waals surface area contributed by atoms with E-state index in [9.17, 15) is 4.79 Å². The van der Waals surface area contributed by atoms with Crippen LogP contribution in [-0.4, -0.2) is 12.6 Å². The van der Waals surface area contributed by atoms with Crippen molar-refractivity contribution in [2.45, 2.75) is 47.0 Å². The van der Waals surface area contributed by atoms with Crippen molar-refractivity contribution in [3.05, 3.63) is 0 Å². The van der Waals surface area contributed by atoms with Gasteiger partial charge in [-0.3, -0.25) is 4.79 Å². The van der Waals surface area contributed by atoms with Gasteiger partial charge in [0, 0.05) is 6.92 Å². The number of carbonyl (C=O) groups is 1. The van der Waals surface area contributed by atoms with Crippen molar-refractivity contribution >= 4 is 5.97 Å². The van der Waals surface area contributed by atoms with Gasteiger partial charge in [-0.1, -0.05) is 33.6 Å². The summed E-state index contributed by atoms with van der Waals surface area (Å²) >= 11 is 0. The van der Waals surface area contributed by atoms with E-state index >= 15 is 0 Å². The molecule has 0 rings (SSSR count). The molecular formula is C11H22O2. The number of rotatable bonds is 6. The number of carbonyl (C=O) groups excluding carboxylic acids is 1. The molecule has 0 saturated heterocycles. The fourth-order valence-corrected chi connectivity index (χ4v) is 1.17. The van der Waals surface area contributed by atoms with E-state index in [0.717, 1.165) is 12.3 Å². The van der Waals surface area contributed by atoms with E-state index in [1.54, 1.807) is 0 Å². The van der Waals surface area contributed by atoms with Gasteiger partial charge >= 0.3 is 5.97 Å². The highest BCUT2D eigenvalue weighted by atomic mass is 16.5. The van der Waals surface area contributed by atoms with E-state index in [0.29, 0.717) is 12.5 Å². The summed E-state index contributed by atoms with van der Waals surface area (Å²) in [4.78, 5) is 10.5. The summed E-state index contributed by atoms with van der Waals surface area (Å²) in [6, 6.07) is 0. The number of hydrogen-bond donors (Lipinski definition) is 0. The van der Waals surface area contributed by atoms with Crippen LogP contribution < -0.4 is 0 Å². The molecule has 78 valence electrons. The summed E-state index contributed by atoms with van der Waals surface area (Å²) in [7, 11) is 0. The third kappa shape index (κ3) is 9.38. The molecule has 0 saturated carbocycles. The van der Waals surface area contributed by atoms with Crippen molar-refractivity contribution in [1.29, 1.82) is 0 Å². The van der Waals surface area contributed by atoms with Gasteiger partial charge < -0.3 is 4.74 Å². The van der Waals surface area contributed by atoms with Crippen LogP contribution >= 0.6 is 0 Å². The van der Waals surface area contributed by atoms with Crippen molar-refractivity contribution in [2.24, 2.45) is 11.8 Å². The smallest absolute Gasteiger partial charge is 0.302 e. The van der Waals surface area contributed by atoms with Crippen LogP contribution in [0.25, 0.3) is 0 Å². The predicted molar refractivity (Wildman–Crippen MR) is 54.5 cm³/mol. The summed E-state index contributed by atoms with van der Waals surface area (Å²) in [5, 5.41) is 0. The molecule has 0 spiro atoms. The average Bonchev–Trinajstić information content (AvgIpc) is 2.00. The molecule has 0 aliphatic carbocycles. The number of esters is 1. The molecule has 0 bridgehead atoms. The molecule has 0 aromatic heterocycles. The molecule has 2 heteroatoms. The molecule has 0 aromatic carbocycles. The number of hydrogen-bond acceptors (Lipinski definition) is 2. The van der Waals surface area contributed by atoms with Crippen LogP contribution in [0.4, 0.5) is 0 Å². The highest BCUT2D eigenvalue weighted by molar-refractivity contribution is 5.65. The molecule has 0 amide bonds. The van der Waals surface area contributed by atoms with E-state index in [-0.39, 0.29) is 5.97 Å². The lowest BCUT2D eigenvalue weighted by molar-refractivity contribution is -0.141. The first-order valence-electron chi connectivity index (χ1n) is 5.15. The molecule has 1 atom stereocenters. The van der Waals surface area contributed by atoms with Gasteiger partial charge in [-0.15, -0.1) is 0 Å². The number of ether oxygens (including phenoxy) is 1. The van der Waals surface area contributed by atoms with Crippen LogP contribution in [0.3, 0.4) is 0 Å². The maximum Gasteiger partial charge on any atom is 0.302 e. The van der Waals surface area contributed by atoms with Gasteiger partial charge in [-0.2, -0.15) is 0 Å². The van der Waals surface area contributed by atoms with Gasteiger partial charge in [0.25, 0.3) is 0 Å². The van der Waals surface area contributed by atoms with Crippen molar-refractivity contribution in [3.63, 3.8) is 0 Å². The Kier molecular flexibility index (Phi) is 6.65. The van der Waals surface area contributed by atoms with Crippen molar-refractivity contribution in [1.82, 2.24) is 0 Å². The minimum Gasteiger partial charge on any atom is -0.466 e. The van der Waals surface area contributed by atoms with Crippen LogP contribution in [0.1, 0.15) is 47.0 Å². The lowest BCUT2D eigenvalue weighted by Gasteiger charge is -2.12. The van der Waals surface area contributed by atoms with Crippen LogP contribution in [0.5, 0.6) is 0 Å². The van der Waals surface area contributed by atoms with Gasteiger partial charge in [-0.05, 0) is 18.3 Å². The van der Waals surface area contributed by atoms with Crippen molar-refractivity contribution in [3.8, 4) is 0 Å². The Morgan fingerprint density at radius 3 is 2.23 bits per heavy atom. The van der Waals surface area contributed by atoms with Crippen LogP contribution in [0, 0.1) is 11.8 Å². The topological polar surface area (TPSA) is 26.3 Å². The van der Waals surface area contributed by atoms with E-state index in [1.807, 2.05) is 0 Å². The van der Waals surface area contributed by atoms with E-state index < -0.39 is 0 Å². The Labute approximate surface area is 81.7 Å². The molecule has 13 heavy (non-hydrogen) atoms. The molecule has 0 aliphatic rings. The Balaban J connectivity index is 3.29. The second kappa shape index (κ2) is 6.93. The zero-order chi connectivity index (χ0) is 10.3. The maximum atomic E-state index is 10.5. The molecule has 1 unspecified atom stereocenters. The Hall–Kier alpha value is -0.530. The van der Waals surface area contributed by atoms with E-state index in [1.165, 1.54) is 19.8 Å². The Morgan fingerprint density at radius 1 is 1.15 bits per heavy atom. The monoisotopic (exact) mass is 186 g/mol. The van der Waals surface area contributed by atoms with E-state index in [4.69, 9.17) is 4.74 Å². The van der Waals surface area contributed by atoms with Crippen LogP contribution in [0.15, 0.2) is 0 Å². The second-order valence-corrected chi connectivity index (χ2v) is 4.21. The first-order valence-corrected chi connectivity index (χ1v) is 5.15. The predicted octanol–water partition coefficient (Wildman–Crippen LogP) is 3.01. The average molecular weight is 186 g/mol. The van der Waals surface area contributed by atoms with E-state index in [2.05, 4.69) is 20.8 Å². The molecule has 0 radical (unpaired) electrons. The minimum atomic E-state index is -0.170. The molecule has 0 aliphatic heterocycles. The van der Waals surface area contributed by atoms with Crippen molar-refractivity contribution in [2.75, 3.05) is 6.61 Å². The lowest BCUT2D eigenvalue weighted by atomic mass is 9.97. The fourth-order valence-electron chi connectivity index (χ4n) is 1.17. The maximum absolute atomic E-state index is 10.5. The summed E-state index contributed by atoms with van der Waals surface area (Å²) in [6.07, 6.45) is 3.49. The third-order valence-electron chi connectivity index (χ3n) is 2.15. The normalized spacial score (nSPS) is 13.0. The van der Waals surface area contributed by atoms with Crippen LogP contribution in [-0.2, 0) is 9.53 Å². The SMILES string of the molecule is CC(=O)OCCC(C)CCC(C)C. The van der Waals surface area contributed by atoms with Gasteiger partial charge in [-0.25, -0.2) is 0 Å². The highest BCUT2D eigenvalue weighted by Gasteiger charge is 2.04. The minimum absolute atomic E-state index is 0.170. The lowest BCUT2D eigenvalue weighted by Crippen LogP contribution is -2.06. The highest BCUT2D eigenvalue weighted by Crippen LogP contribution is 2.14. The van der Waals surface area contributed by atoms with Gasteiger partial charge in [0.1, 0.15) is 0 Å². The molecule has 0 fully saturated rings. The summed E-state index contributed by atoms with van der Waals surface area (Å²) < 4.78 is 4.88. The second-order valence-electron chi connectivity index (χ2n) is 4.21. The summed E-state index contributed by atoms with van der Waals surface area (Å²) in [6.45, 7) is 8.72.